The highest BCUT2D eigenvalue weighted by Gasteiger charge is 2.01. The van der Waals surface area contributed by atoms with Crippen LogP contribution in [-0.2, 0) is 11.3 Å². The molecule has 0 amide bonds. The molecule has 106 valence electrons. The molecule has 0 aliphatic heterocycles. The molecule has 0 aliphatic rings. The van der Waals surface area contributed by atoms with Crippen LogP contribution < -0.4 is 0 Å². The molecule has 1 aromatic rings. The maximum Gasteiger partial charge on any atom is 0.0716 e. The maximum absolute atomic E-state index is 5.72. The van der Waals surface area contributed by atoms with Gasteiger partial charge in [0.1, 0.15) is 0 Å². The van der Waals surface area contributed by atoms with Gasteiger partial charge in [0.05, 0.1) is 6.61 Å². The van der Waals surface area contributed by atoms with Gasteiger partial charge in [-0.15, -0.1) is 0 Å². The van der Waals surface area contributed by atoms with Crippen LogP contribution >= 0.6 is 15.9 Å². The lowest BCUT2D eigenvalue weighted by molar-refractivity contribution is 0.108. The summed E-state index contributed by atoms with van der Waals surface area (Å²) >= 11 is 3.47. The van der Waals surface area contributed by atoms with Crippen molar-refractivity contribution >= 4 is 15.9 Å². The number of alkyl halides is 1. The highest BCUT2D eigenvalue weighted by Crippen LogP contribution is 2.13. The summed E-state index contributed by atoms with van der Waals surface area (Å²) in [5, 5.41) is 0.988. The predicted molar refractivity (Wildman–Crippen MR) is 86.7 cm³/mol. The minimum absolute atomic E-state index is 0.732. The van der Waals surface area contributed by atoms with Crippen LogP contribution in [0.25, 0.3) is 0 Å². The van der Waals surface area contributed by atoms with Crippen molar-refractivity contribution in [2.75, 3.05) is 11.9 Å². The first-order chi connectivity index (χ1) is 9.22. The highest BCUT2D eigenvalue weighted by molar-refractivity contribution is 9.09. The van der Waals surface area contributed by atoms with Crippen molar-refractivity contribution in [1.82, 2.24) is 0 Å². The second-order valence-electron chi connectivity index (χ2n) is 5.19. The molecule has 1 rings (SSSR count). The molecule has 0 aromatic heterocycles. The molecule has 0 aliphatic carbocycles. The Kier molecular flexibility index (Phi) is 8.85. The van der Waals surface area contributed by atoms with Crippen molar-refractivity contribution in [3.63, 3.8) is 0 Å². The minimum atomic E-state index is 0.732. The zero-order chi connectivity index (χ0) is 13.9. The molecule has 0 radical (unpaired) electrons. The Balaban J connectivity index is 2.06. The number of ether oxygens (including phenoxy) is 1. The average molecular weight is 325 g/mol. The molecule has 0 fully saturated rings. The molecule has 0 saturated heterocycles. The fourth-order valence-corrected chi connectivity index (χ4v) is 2.09. The van der Waals surface area contributed by atoms with Crippen molar-refractivity contribution in [3.05, 3.63) is 47.5 Å². The van der Waals surface area contributed by atoms with Gasteiger partial charge in [-0.2, -0.15) is 0 Å². The highest BCUT2D eigenvalue weighted by atomic mass is 79.9. The third kappa shape index (κ3) is 8.22. The van der Waals surface area contributed by atoms with Gasteiger partial charge in [-0.25, -0.2) is 0 Å². The number of allylic oxidation sites excluding steroid dienone is 2. The summed E-state index contributed by atoms with van der Waals surface area (Å²) in [7, 11) is 0. The maximum atomic E-state index is 5.72. The summed E-state index contributed by atoms with van der Waals surface area (Å²) in [4.78, 5) is 0. The molecule has 2 heteroatoms. The third-order valence-corrected chi connectivity index (χ3v) is 4.11. The van der Waals surface area contributed by atoms with Crippen molar-refractivity contribution in [3.8, 4) is 0 Å². The third-order valence-electron chi connectivity index (χ3n) is 3.23. The summed E-state index contributed by atoms with van der Waals surface area (Å²) < 4.78 is 5.72. The lowest BCUT2D eigenvalue weighted by Gasteiger charge is -2.10. The molecule has 0 saturated carbocycles. The molecule has 0 N–H and O–H groups in total. The van der Waals surface area contributed by atoms with E-state index in [0.29, 0.717) is 0 Å². The molecule has 0 bridgehead atoms. The van der Waals surface area contributed by atoms with E-state index < -0.39 is 0 Å². The smallest absolute Gasteiger partial charge is 0.0716 e. The van der Waals surface area contributed by atoms with Crippen molar-refractivity contribution < 1.29 is 4.74 Å². The molecule has 0 unspecified atom stereocenters. The Bertz CT molecular complexity index is 359. The summed E-state index contributed by atoms with van der Waals surface area (Å²) in [5.74, 6) is 0.732. The van der Waals surface area contributed by atoms with Crippen LogP contribution in [0.3, 0.4) is 0 Å². The van der Waals surface area contributed by atoms with Crippen LogP contribution in [0, 0.1) is 5.92 Å². The zero-order valence-corrected chi connectivity index (χ0v) is 13.7. The summed E-state index contributed by atoms with van der Waals surface area (Å²) in [6.45, 7) is 6.07. The fourth-order valence-electron chi connectivity index (χ4n) is 1.86. The Morgan fingerprint density at radius 2 is 2.00 bits per heavy atom. The van der Waals surface area contributed by atoms with Crippen LogP contribution in [0.15, 0.2) is 42.0 Å². The number of benzene rings is 1. The Hall–Kier alpha value is -0.600. The Labute approximate surface area is 126 Å². The standard InChI is InChI=1S/C17H25BrO/c1-15(7-6-8-16(2)13-18)11-12-19-14-17-9-4-3-5-10-17/h3-5,8-10,15H,6-7,11-14H2,1-2H3/b16-8-/t15-/m0/s1. The zero-order valence-electron chi connectivity index (χ0n) is 12.1. The van der Waals surface area contributed by atoms with E-state index in [2.05, 4.69) is 60.1 Å². The lowest BCUT2D eigenvalue weighted by Crippen LogP contribution is -2.02. The van der Waals surface area contributed by atoms with Gasteiger partial charge in [0.25, 0.3) is 0 Å². The molecule has 0 spiro atoms. The largest absolute Gasteiger partial charge is 0.377 e. The van der Waals surface area contributed by atoms with E-state index >= 15 is 0 Å². The van der Waals surface area contributed by atoms with E-state index in [9.17, 15) is 0 Å². The Morgan fingerprint density at radius 1 is 1.26 bits per heavy atom. The van der Waals surface area contributed by atoms with Crippen LogP contribution in [-0.4, -0.2) is 11.9 Å². The molecular formula is C17H25BrO. The molecule has 1 atom stereocenters. The van der Waals surface area contributed by atoms with Crippen molar-refractivity contribution in [2.45, 2.75) is 39.7 Å². The number of hydrogen-bond donors (Lipinski definition) is 0. The quantitative estimate of drug-likeness (QED) is 0.338. The minimum Gasteiger partial charge on any atom is -0.377 e. The van der Waals surface area contributed by atoms with Crippen LogP contribution in [0.5, 0.6) is 0 Å². The monoisotopic (exact) mass is 324 g/mol. The fraction of sp³-hybridized carbons (Fsp3) is 0.529. The summed E-state index contributed by atoms with van der Waals surface area (Å²) in [6, 6.07) is 10.4. The predicted octanol–water partition coefficient (Wildman–Crippen LogP) is 5.35. The second kappa shape index (κ2) is 10.2. The van der Waals surface area contributed by atoms with Gasteiger partial charge in [0, 0.05) is 11.9 Å². The lowest BCUT2D eigenvalue weighted by atomic mass is 10.0. The molecule has 1 aromatic carbocycles. The number of halogens is 1. The first-order valence-electron chi connectivity index (χ1n) is 7.05. The molecule has 0 heterocycles. The van der Waals surface area contributed by atoms with Crippen LogP contribution in [0.1, 0.15) is 38.7 Å². The van der Waals surface area contributed by atoms with Gasteiger partial charge in [0.2, 0.25) is 0 Å². The van der Waals surface area contributed by atoms with E-state index in [1.165, 1.54) is 24.0 Å². The van der Waals surface area contributed by atoms with Gasteiger partial charge < -0.3 is 4.74 Å². The average Bonchev–Trinajstić information content (AvgIpc) is 2.44. The second-order valence-corrected chi connectivity index (χ2v) is 5.75. The van der Waals surface area contributed by atoms with Gasteiger partial charge >= 0.3 is 0 Å². The topological polar surface area (TPSA) is 9.23 Å². The first-order valence-corrected chi connectivity index (χ1v) is 8.17. The number of hydrogen-bond acceptors (Lipinski definition) is 1. The SMILES string of the molecule is C/C(=C/CC[C@H](C)CCOCc1ccccc1)CBr. The van der Waals surface area contributed by atoms with E-state index in [1.807, 2.05) is 6.07 Å². The molecule has 19 heavy (non-hydrogen) atoms. The van der Waals surface area contributed by atoms with Crippen molar-refractivity contribution in [1.29, 1.82) is 0 Å². The van der Waals surface area contributed by atoms with Gasteiger partial charge in [-0.3, -0.25) is 0 Å². The van der Waals surface area contributed by atoms with Gasteiger partial charge in [-0.1, -0.05) is 64.8 Å². The van der Waals surface area contributed by atoms with Crippen LogP contribution in [0.4, 0.5) is 0 Å². The Morgan fingerprint density at radius 3 is 2.68 bits per heavy atom. The molecule has 1 nitrogen and oxygen atoms in total. The summed E-state index contributed by atoms with van der Waals surface area (Å²) in [5.41, 5.74) is 2.68. The van der Waals surface area contributed by atoms with E-state index in [1.54, 1.807) is 0 Å². The van der Waals surface area contributed by atoms with Crippen molar-refractivity contribution in [2.24, 2.45) is 5.92 Å². The normalized spacial score (nSPS) is 13.5. The van der Waals surface area contributed by atoms with E-state index in [0.717, 1.165) is 30.9 Å². The summed E-state index contributed by atoms with van der Waals surface area (Å²) in [6.07, 6.45) is 5.90. The van der Waals surface area contributed by atoms with Crippen LogP contribution in [0.2, 0.25) is 0 Å². The van der Waals surface area contributed by atoms with Gasteiger partial charge in [0.15, 0.2) is 0 Å². The molecular weight excluding hydrogens is 300 g/mol. The number of rotatable bonds is 9. The van der Waals surface area contributed by atoms with E-state index in [-0.39, 0.29) is 0 Å². The first kappa shape index (κ1) is 16.5. The van der Waals surface area contributed by atoms with E-state index in [4.69, 9.17) is 4.74 Å². The van der Waals surface area contributed by atoms with Gasteiger partial charge in [-0.05, 0) is 37.7 Å².